The minimum atomic E-state index is -3.65. The van der Waals surface area contributed by atoms with Crippen LogP contribution in [0.15, 0.2) is 42.5 Å². The highest BCUT2D eigenvalue weighted by Crippen LogP contribution is 2.26. The van der Waals surface area contributed by atoms with E-state index in [1.54, 1.807) is 20.3 Å². The highest BCUT2D eigenvalue weighted by atomic mass is 32.2. The fourth-order valence-corrected chi connectivity index (χ4v) is 3.87. The van der Waals surface area contributed by atoms with E-state index in [1.165, 1.54) is 0 Å². The van der Waals surface area contributed by atoms with Crippen LogP contribution in [0.5, 0.6) is 17.2 Å². The summed E-state index contributed by atoms with van der Waals surface area (Å²) in [4.78, 5) is 0. The van der Waals surface area contributed by atoms with Crippen LogP contribution < -0.4 is 14.2 Å². The van der Waals surface area contributed by atoms with E-state index in [2.05, 4.69) is 31.1 Å². The molecule has 0 fully saturated rings. The van der Waals surface area contributed by atoms with Gasteiger partial charge in [0.1, 0.15) is 38.0 Å². The summed E-state index contributed by atoms with van der Waals surface area (Å²) in [5.74, 6) is 5.01. The third kappa shape index (κ3) is 9.05. The lowest BCUT2D eigenvalue weighted by atomic mass is 10.1. The van der Waals surface area contributed by atoms with E-state index < -0.39 is 24.3 Å². The smallest absolute Gasteiger partial charge is 0.265 e. The van der Waals surface area contributed by atoms with E-state index in [0.717, 1.165) is 17.4 Å². The van der Waals surface area contributed by atoms with E-state index in [4.69, 9.17) is 18.4 Å². The molecule has 8 heteroatoms. The minimum absolute atomic E-state index is 0.294. The highest BCUT2D eigenvalue weighted by Gasteiger charge is 2.18. The molecular formula is C23H30O6SSi. The normalized spacial score (nSPS) is 12.5. The second-order valence-corrected chi connectivity index (χ2v) is 14.5. The molecule has 1 atom stereocenters. The van der Waals surface area contributed by atoms with Crippen LogP contribution in [0.25, 0.3) is 0 Å². The Balaban J connectivity index is 2.24. The molecule has 0 aromatic heterocycles. The SMILES string of the molecule is COc1cc(COc2ccccc2CC(C#C[Si](C)(C)C)OS(C)(=O)=O)cc(OC)c1. The standard InChI is InChI=1S/C23H30O6SSi/c1-26-21-13-18(14-22(16-21)27-2)17-28-23-10-8-7-9-19(23)15-20(29-30(3,24)25)11-12-31(4,5)6/h7-10,13-14,16,20H,15,17H2,1-6H3. The molecule has 2 rings (SSSR count). The first-order chi connectivity index (χ1) is 14.5. The van der Waals surface area contributed by atoms with Crippen LogP contribution in [0.3, 0.4) is 0 Å². The molecule has 0 radical (unpaired) electrons. The molecule has 2 aromatic rings. The number of hydrogen-bond donors (Lipinski definition) is 0. The molecular weight excluding hydrogens is 432 g/mol. The van der Waals surface area contributed by atoms with Crippen LogP contribution in [0.1, 0.15) is 11.1 Å². The van der Waals surface area contributed by atoms with Gasteiger partial charge in [0.15, 0.2) is 0 Å². The summed E-state index contributed by atoms with van der Waals surface area (Å²) in [6.07, 6.45) is 0.556. The summed E-state index contributed by atoms with van der Waals surface area (Å²) in [5.41, 5.74) is 4.90. The Kier molecular flexibility index (Phi) is 8.57. The fraction of sp³-hybridized carbons (Fsp3) is 0.391. The average molecular weight is 463 g/mol. The van der Waals surface area contributed by atoms with Gasteiger partial charge in [0, 0.05) is 12.5 Å². The molecule has 0 amide bonds. The van der Waals surface area contributed by atoms with E-state index >= 15 is 0 Å². The van der Waals surface area contributed by atoms with Crippen molar-refractivity contribution in [3.05, 3.63) is 53.6 Å². The molecule has 0 heterocycles. The summed E-state index contributed by atoms with van der Waals surface area (Å²) in [7, 11) is -2.15. The first kappa shape index (κ1) is 24.8. The Morgan fingerprint density at radius 3 is 2.16 bits per heavy atom. The van der Waals surface area contributed by atoms with Crippen molar-refractivity contribution in [2.45, 2.75) is 38.8 Å². The maximum Gasteiger partial charge on any atom is 0.265 e. The maximum atomic E-state index is 11.7. The predicted octanol–water partition coefficient (Wildman–Crippen LogP) is 4.05. The van der Waals surface area contributed by atoms with Gasteiger partial charge in [-0.05, 0) is 29.3 Å². The lowest BCUT2D eigenvalue weighted by molar-refractivity contribution is 0.260. The van der Waals surface area contributed by atoms with Crippen molar-refractivity contribution in [2.75, 3.05) is 20.5 Å². The minimum Gasteiger partial charge on any atom is -0.497 e. The molecule has 0 saturated heterocycles. The Hall–Kier alpha value is -2.47. The van der Waals surface area contributed by atoms with E-state index in [1.807, 2.05) is 36.4 Å². The van der Waals surface area contributed by atoms with Crippen molar-refractivity contribution < 1.29 is 26.8 Å². The maximum absolute atomic E-state index is 11.7. The van der Waals surface area contributed by atoms with Crippen molar-refractivity contribution >= 4 is 18.2 Å². The van der Waals surface area contributed by atoms with Gasteiger partial charge in [-0.2, -0.15) is 8.42 Å². The van der Waals surface area contributed by atoms with E-state index in [0.29, 0.717) is 30.3 Å². The van der Waals surface area contributed by atoms with Crippen LogP contribution in [0.2, 0.25) is 19.6 Å². The third-order valence-corrected chi connectivity index (χ3v) is 5.56. The Morgan fingerprint density at radius 1 is 1.00 bits per heavy atom. The predicted molar refractivity (Wildman–Crippen MR) is 125 cm³/mol. The van der Waals surface area contributed by atoms with Gasteiger partial charge in [0.2, 0.25) is 0 Å². The second-order valence-electron chi connectivity index (χ2n) is 8.13. The van der Waals surface area contributed by atoms with Crippen LogP contribution in [-0.2, 0) is 27.3 Å². The van der Waals surface area contributed by atoms with Gasteiger partial charge >= 0.3 is 0 Å². The Morgan fingerprint density at radius 2 is 1.61 bits per heavy atom. The van der Waals surface area contributed by atoms with Gasteiger partial charge in [-0.1, -0.05) is 43.8 Å². The van der Waals surface area contributed by atoms with Crippen LogP contribution in [0.4, 0.5) is 0 Å². The largest absolute Gasteiger partial charge is 0.497 e. The quantitative estimate of drug-likeness (QED) is 0.318. The number of rotatable bonds is 9. The molecule has 0 aliphatic rings. The van der Waals surface area contributed by atoms with Gasteiger partial charge in [-0.3, -0.25) is 4.18 Å². The van der Waals surface area contributed by atoms with Crippen molar-refractivity contribution in [1.82, 2.24) is 0 Å². The Bertz CT molecular complexity index is 1030. The molecule has 1 unspecified atom stereocenters. The average Bonchev–Trinajstić information content (AvgIpc) is 2.69. The van der Waals surface area contributed by atoms with E-state index in [9.17, 15) is 8.42 Å². The van der Waals surface area contributed by atoms with Crippen LogP contribution in [-0.4, -0.2) is 43.1 Å². The summed E-state index contributed by atoms with van der Waals surface area (Å²) in [5, 5.41) is 0. The summed E-state index contributed by atoms with van der Waals surface area (Å²) >= 11 is 0. The van der Waals surface area contributed by atoms with Crippen LogP contribution >= 0.6 is 0 Å². The van der Waals surface area contributed by atoms with E-state index in [-0.39, 0.29) is 0 Å². The van der Waals surface area contributed by atoms with Crippen molar-refractivity contribution in [1.29, 1.82) is 0 Å². The Labute approximate surface area is 186 Å². The monoisotopic (exact) mass is 462 g/mol. The lowest BCUT2D eigenvalue weighted by Crippen LogP contribution is -2.22. The summed E-state index contributed by atoms with van der Waals surface area (Å²) in [6.45, 7) is 6.58. The second kappa shape index (κ2) is 10.7. The number of methoxy groups -OCH3 is 2. The third-order valence-electron chi connectivity index (χ3n) is 4.08. The molecule has 2 aromatic carbocycles. The molecule has 0 bridgehead atoms. The zero-order valence-corrected chi connectivity index (χ0v) is 20.7. The molecule has 6 nitrogen and oxygen atoms in total. The van der Waals surface area contributed by atoms with Gasteiger partial charge < -0.3 is 14.2 Å². The molecule has 0 aliphatic heterocycles. The molecule has 31 heavy (non-hydrogen) atoms. The zero-order valence-electron chi connectivity index (χ0n) is 18.9. The zero-order chi connectivity index (χ0) is 23.1. The van der Waals surface area contributed by atoms with Gasteiger partial charge in [0.25, 0.3) is 10.1 Å². The van der Waals surface area contributed by atoms with Crippen molar-refractivity contribution in [3.63, 3.8) is 0 Å². The molecule has 0 N–H and O–H groups in total. The van der Waals surface area contributed by atoms with Crippen LogP contribution in [0, 0.1) is 11.5 Å². The molecule has 0 saturated carbocycles. The van der Waals surface area contributed by atoms with Crippen molar-refractivity contribution in [2.24, 2.45) is 0 Å². The fourth-order valence-electron chi connectivity index (χ4n) is 2.74. The molecule has 0 aliphatic carbocycles. The summed E-state index contributed by atoms with van der Waals surface area (Å²) in [6, 6.07) is 13.0. The van der Waals surface area contributed by atoms with Gasteiger partial charge in [-0.25, -0.2) is 0 Å². The first-order valence-electron chi connectivity index (χ1n) is 9.82. The number of ether oxygens (including phenoxy) is 3. The van der Waals surface area contributed by atoms with Crippen molar-refractivity contribution in [3.8, 4) is 28.7 Å². The lowest BCUT2D eigenvalue weighted by Gasteiger charge is -2.16. The van der Waals surface area contributed by atoms with Gasteiger partial charge in [0.05, 0.1) is 20.5 Å². The number of para-hydroxylation sites is 1. The topological polar surface area (TPSA) is 71.1 Å². The number of benzene rings is 2. The molecule has 168 valence electrons. The van der Waals surface area contributed by atoms with Gasteiger partial charge in [-0.15, -0.1) is 5.54 Å². The number of hydrogen-bond acceptors (Lipinski definition) is 6. The summed E-state index contributed by atoms with van der Waals surface area (Å²) < 4.78 is 45.4. The molecule has 0 spiro atoms. The highest BCUT2D eigenvalue weighted by molar-refractivity contribution is 7.86. The first-order valence-corrected chi connectivity index (χ1v) is 15.1.